The predicted molar refractivity (Wildman–Crippen MR) is 74.1 cm³/mol. The van der Waals surface area contributed by atoms with Crippen LogP contribution in [0.1, 0.15) is 6.92 Å². The number of allylic oxidation sites excluding steroid dienone is 7. The number of nitrogens with two attached hydrogens (primary N) is 1. The van der Waals surface area contributed by atoms with E-state index in [0.717, 1.165) is 11.1 Å². The Kier molecular flexibility index (Phi) is 7.82. The molecule has 0 aromatic heterocycles. The molecule has 0 aliphatic rings. The summed E-state index contributed by atoms with van der Waals surface area (Å²) in [6, 6.07) is 0. The van der Waals surface area contributed by atoms with Gasteiger partial charge in [0.25, 0.3) is 0 Å². The molecule has 1 nitrogen and oxygen atoms in total. The van der Waals surface area contributed by atoms with Gasteiger partial charge in [-0.05, 0) is 18.1 Å². The maximum absolute atomic E-state index is 5.81. The van der Waals surface area contributed by atoms with E-state index in [-0.39, 0.29) is 5.92 Å². The van der Waals surface area contributed by atoms with E-state index in [1.54, 1.807) is 12.2 Å². The summed E-state index contributed by atoms with van der Waals surface area (Å²) in [5.74, 6) is 0.143. The number of hydrogen-bond donors (Lipinski definition) is 1. The van der Waals surface area contributed by atoms with Gasteiger partial charge >= 0.3 is 0 Å². The fourth-order valence-corrected chi connectivity index (χ4v) is 1.54. The first-order chi connectivity index (χ1) is 7.74. The fourth-order valence-electron chi connectivity index (χ4n) is 1.54. The molecule has 0 amide bonds. The van der Waals surface area contributed by atoms with Crippen LogP contribution < -0.4 is 5.73 Å². The minimum Gasteiger partial charge on any atom is -0.330 e. The average Bonchev–Trinajstić information content (AvgIpc) is 2.29. The van der Waals surface area contributed by atoms with Crippen molar-refractivity contribution in [1.82, 2.24) is 0 Å². The van der Waals surface area contributed by atoms with Crippen molar-refractivity contribution < 1.29 is 0 Å². The Morgan fingerprint density at radius 3 is 2.06 bits per heavy atom. The van der Waals surface area contributed by atoms with Crippen molar-refractivity contribution in [1.29, 1.82) is 0 Å². The summed E-state index contributed by atoms with van der Waals surface area (Å²) in [5, 5.41) is 0. The van der Waals surface area contributed by atoms with Crippen LogP contribution >= 0.6 is 0 Å². The van der Waals surface area contributed by atoms with Crippen molar-refractivity contribution in [3.63, 3.8) is 0 Å². The second kappa shape index (κ2) is 8.69. The summed E-state index contributed by atoms with van der Waals surface area (Å²) in [4.78, 5) is 0. The van der Waals surface area contributed by atoms with E-state index < -0.39 is 0 Å². The van der Waals surface area contributed by atoms with Crippen LogP contribution in [0.3, 0.4) is 0 Å². The van der Waals surface area contributed by atoms with Gasteiger partial charge < -0.3 is 5.73 Å². The molecule has 0 saturated heterocycles. The standard InChI is InChI=1S/C15H21N/c1-5-9-13(8-4)15(12-16)14(10-6-2)11-7-3/h5-11,15H,1-2,4,12,16H2,3H3/b11-7-,13-9+,14-10+. The third-order valence-electron chi connectivity index (χ3n) is 2.26. The molecule has 1 unspecified atom stereocenters. The Hall–Kier alpha value is -1.60. The lowest BCUT2D eigenvalue weighted by Crippen LogP contribution is -2.17. The van der Waals surface area contributed by atoms with Crippen LogP contribution in [-0.2, 0) is 0 Å². The monoisotopic (exact) mass is 215 g/mol. The zero-order chi connectivity index (χ0) is 12.4. The van der Waals surface area contributed by atoms with Gasteiger partial charge in [-0.2, -0.15) is 0 Å². The molecule has 2 N–H and O–H groups in total. The highest BCUT2D eigenvalue weighted by Gasteiger charge is 2.12. The second-order valence-corrected chi connectivity index (χ2v) is 3.30. The Morgan fingerprint density at radius 2 is 1.69 bits per heavy atom. The molecule has 0 bridgehead atoms. The molecular formula is C15H21N. The van der Waals surface area contributed by atoms with Gasteiger partial charge in [0, 0.05) is 12.5 Å². The third kappa shape index (κ3) is 4.28. The van der Waals surface area contributed by atoms with Gasteiger partial charge in [-0.1, -0.05) is 62.3 Å². The van der Waals surface area contributed by atoms with Crippen molar-refractivity contribution in [3.05, 3.63) is 73.4 Å². The average molecular weight is 215 g/mol. The topological polar surface area (TPSA) is 26.0 Å². The first kappa shape index (κ1) is 14.4. The van der Waals surface area contributed by atoms with Crippen molar-refractivity contribution >= 4 is 0 Å². The summed E-state index contributed by atoms with van der Waals surface area (Å²) >= 11 is 0. The summed E-state index contributed by atoms with van der Waals surface area (Å²) in [6.45, 7) is 13.7. The molecule has 0 fully saturated rings. The zero-order valence-corrected chi connectivity index (χ0v) is 10.0. The smallest absolute Gasteiger partial charge is 0.0212 e. The van der Waals surface area contributed by atoms with Crippen LogP contribution in [0.5, 0.6) is 0 Å². The molecular weight excluding hydrogens is 194 g/mol. The quantitative estimate of drug-likeness (QED) is 0.646. The maximum atomic E-state index is 5.81. The Morgan fingerprint density at radius 1 is 1.12 bits per heavy atom. The molecule has 0 aromatic rings. The Balaban J connectivity index is 5.28. The van der Waals surface area contributed by atoms with Gasteiger partial charge in [0.15, 0.2) is 0 Å². The lowest BCUT2D eigenvalue weighted by Gasteiger charge is -2.17. The van der Waals surface area contributed by atoms with Gasteiger partial charge in [-0.25, -0.2) is 0 Å². The maximum Gasteiger partial charge on any atom is 0.0212 e. The number of rotatable bonds is 7. The molecule has 0 spiro atoms. The van der Waals surface area contributed by atoms with Crippen LogP contribution in [0.15, 0.2) is 73.4 Å². The van der Waals surface area contributed by atoms with Crippen molar-refractivity contribution in [2.24, 2.45) is 11.7 Å². The highest BCUT2D eigenvalue weighted by molar-refractivity contribution is 5.38. The van der Waals surface area contributed by atoms with E-state index in [4.69, 9.17) is 5.73 Å². The predicted octanol–water partition coefficient (Wildman–Crippen LogP) is 3.55. The normalized spacial score (nSPS) is 14.9. The van der Waals surface area contributed by atoms with E-state index in [1.807, 2.05) is 37.3 Å². The summed E-state index contributed by atoms with van der Waals surface area (Å²) in [6.07, 6.45) is 13.3. The van der Waals surface area contributed by atoms with E-state index in [1.165, 1.54) is 0 Å². The minimum atomic E-state index is 0.143. The van der Waals surface area contributed by atoms with Gasteiger partial charge in [0.2, 0.25) is 0 Å². The van der Waals surface area contributed by atoms with Crippen LogP contribution in [-0.4, -0.2) is 6.54 Å². The minimum absolute atomic E-state index is 0.143. The molecule has 0 aromatic carbocycles. The van der Waals surface area contributed by atoms with Gasteiger partial charge in [0.1, 0.15) is 0 Å². The molecule has 16 heavy (non-hydrogen) atoms. The Labute approximate surface area is 99.1 Å². The van der Waals surface area contributed by atoms with E-state index in [2.05, 4.69) is 19.7 Å². The molecule has 0 rings (SSSR count). The highest BCUT2D eigenvalue weighted by Crippen LogP contribution is 2.22. The first-order valence-corrected chi connectivity index (χ1v) is 5.35. The van der Waals surface area contributed by atoms with Crippen molar-refractivity contribution in [2.45, 2.75) is 6.92 Å². The summed E-state index contributed by atoms with van der Waals surface area (Å²) < 4.78 is 0. The van der Waals surface area contributed by atoms with Gasteiger partial charge in [-0.3, -0.25) is 0 Å². The van der Waals surface area contributed by atoms with Gasteiger partial charge in [0.05, 0.1) is 0 Å². The van der Waals surface area contributed by atoms with Gasteiger partial charge in [-0.15, -0.1) is 0 Å². The van der Waals surface area contributed by atoms with Crippen LogP contribution in [0, 0.1) is 5.92 Å². The molecule has 0 aliphatic carbocycles. The summed E-state index contributed by atoms with van der Waals surface area (Å²) in [7, 11) is 0. The molecule has 0 saturated carbocycles. The van der Waals surface area contributed by atoms with Crippen LogP contribution in [0.4, 0.5) is 0 Å². The van der Waals surface area contributed by atoms with Crippen LogP contribution in [0.2, 0.25) is 0 Å². The molecule has 0 aliphatic heterocycles. The highest BCUT2D eigenvalue weighted by atomic mass is 14.5. The fraction of sp³-hybridized carbons (Fsp3) is 0.200. The van der Waals surface area contributed by atoms with E-state index >= 15 is 0 Å². The lowest BCUT2D eigenvalue weighted by atomic mass is 9.89. The lowest BCUT2D eigenvalue weighted by molar-refractivity contribution is 0.756. The summed E-state index contributed by atoms with van der Waals surface area (Å²) in [5.41, 5.74) is 8.01. The van der Waals surface area contributed by atoms with E-state index in [0.29, 0.717) is 6.54 Å². The molecule has 1 heteroatoms. The van der Waals surface area contributed by atoms with Crippen molar-refractivity contribution in [2.75, 3.05) is 6.54 Å². The van der Waals surface area contributed by atoms with Crippen molar-refractivity contribution in [3.8, 4) is 0 Å². The second-order valence-electron chi connectivity index (χ2n) is 3.30. The largest absolute Gasteiger partial charge is 0.330 e. The SMILES string of the molecule is C=C/C=C(\C=C)C(CN)C(/C=C\C)=C/C=C. The number of hydrogen-bond acceptors (Lipinski definition) is 1. The first-order valence-electron chi connectivity index (χ1n) is 5.35. The molecule has 86 valence electrons. The Bertz CT molecular complexity index is 329. The zero-order valence-electron chi connectivity index (χ0n) is 10.0. The molecule has 0 heterocycles. The molecule has 0 radical (unpaired) electrons. The van der Waals surface area contributed by atoms with Crippen LogP contribution in [0.25, 0.3) is 0 Å². The third-order valence-corrected chi connectivity index (χ3v) is 2.26. The molecule has 1 atom stereocenters. The van der Waals surface area contributed by atoms with E-state index in [9.17, 15) is 0 Å².